The zero-order valence-electron chi connectivity index (χ0n) is 16.5. The van der Waals surface area contributed by atoms with Gasteiger partial charge in [-0.15, -0.1) is 0 Å². The first-order valence-electron chi connectivity index (χ1n) is 10.2. The average molecular weight is 384 g/mol. The molecular formula is C26H25FN2. The van der Waals surface area contributed by atoms with Crippen LogP contribution < -0.4 is 0 Å². The Hall–Kier alpha value is -3.20. The number of rotatable bonds is 8. The van der Waals surface area contributed by atoms with Crippen molar-refractivity contribution in [3.8, 4) is 11.3 Å². The van der Waals surface area contributed by atoms with Gasteiger partial charge in [0.15, 0.2) is 0 Å². The molecule has 0 amide bonds. The van der Waals surface area contributed by atoms with Gasteiger partial charge in [0, 0.05) is 13.0 Å². The van der Waals surface area contributed by atoms with Crippen molar-refractivity contribution in [3.63, 3.8) is 0 Å². The molecule has 1 heterocycles. The Morgan fingerprint density at radius 3 is 2.07 bits per heavy atom. The molecule has 0 aliphatic carbocycles. The highest BCUT2D eigenvalue weighted by Crippen LogP contribution is 2.22. The molecule has 0 saturated carbocycles. The van der Waals surface area contributed by atoms with Gasteiger partial charge in [-0.25, -0.2) is 9.37 Å². The summed E-state index contributed by atoms with van der Waals surface area (Å²) in [5.74, 6) is 0.892. The lowest BCUT2D eigenvalue weighted by Gasteiger charge is -2.13. The Morgan fingerprint density at radius 1 is 0.690 bits per heavy atom. The molecule has 0 saturated heterocycles. The van der Waals surface area contributed by atoms with E-state index in [4.69, 9.17) is 4.98 Å². The molecule has 3 heteroatoms. The maximum atomic E-state index is 13.2. The number of imidazole rings is 1. The Bertz CT molecular complexity index is 1020. The molecule has 0 aliphatic heterocycles. The minimum absolute atomic E-state index is 0.192. The van der Waals surface area contributed by atoms with E-state index < -0.39 is 0 Å². The Balaban J connectivity index is 1.52. The van der Waals surface area contributed by atoms with Crippen LogP contribution in [0.15, 0.2) is 91.1 Å². The van der Waals surface area contributed by atoms with Gasteiger partial charge in [-0.05, 0) is 48.1 Å². The van der Waals surface area contributed by atoms with E-state index in [-0.39, 0.29) is 5.82 Å². The Kier molecular flexibility index (Phi) is 6.16. The summed E-state index contributed by atoms with van der Waals surface area (Å²) in [6.45, 7) is 0.928. The molecule has 4 rings (SSSR count). The lowest BCUT2D eigenvalue weighted by Crippen LogP contribution is -2.08. The van der Waals surface area contributed by atoms with Crippen molar-refractivity contribution in [1.82, 2.24) is 9.55 Å². The monoisotopic (exact) mass is 384 g/mol. The third-order valence-electron chi connectivity index (χ3n) is 5.25. The first-order valence-corrected chi connectivity index (χ1v) is 10.2. The van der Waals surface area contributed by atoms with Gasteiger partial charge in [0.25, 0.3) is 0 Å². The van der Waals surface area contributed by atoms with Gasteiger partial charge in [-0.1, -0.05) is 72.8 Å². The molecule has 1 aromatic heterocycles. The number of aryl methyl sites for hydroxylation is 3. The fourth-order valence-electron chi connectivity index (χ4n) is 3.70. The summed E-state index contributed by atoms with van der Waals surface area (Å²) in [6, 6.07) is 27.8. The van der Waals surface area contributed by atoms with Gasteiger partial charge in [-0.2, -0.15) is 0 Å². The predicted octanol–water partition coefficient (Wildman–Crippen LogP) is 6.11. The average Bonchev–Trinajstić information content (AvgIpc) is 3.17. The molecule has 0 N–H and O–H groups in total. The first kappa shape index (κ1) is 19.1. The highest BCUT2D eigenvalue weighted by Gasteiger charge is 2.12. The van der Waals surface area contributed by atoms with Gasteiger partial charge < -0.3 is 4.57 Å². The number of benzene rings is 3. The van der Waals surface area contributed by atoms with Crippen LogP contribution in [0.1, 0.15) is 23.4 Å². The summed E-state index contributed by atoms with van der Waals surface area (Å²) in [7, 11) is 0. The van der Waals surface area contributed by atoms with Crippen LogP contribution in [0, 0.1) is 5.82 Å². The second-order valence-corrected chi connectivity index (χ2v) is 7.29. The van der Waals surface area contributed by atoms with E-state index in [1.54, 1.807) is 0 Å². The smallest absolute Gasteiger partial charge is 0.123 e. The van der Waals surface area contributed by atoms with Gasteiger partial charge in [-0.3, -0.25) is 0 Å². The van der Waals surface area contributed by atoms with Gasteiger partial charge in [0.2, 0.25) is 0 Å². The lowest BCUT2D eigenvalue weighted by molar-refractivity contribution is 0.611. The highest BCUT2D eigenvalue weighted by molar-refractivity contribution is 5.59. The topological polar surface area (TPSA) is 17.8 Å². The Morgan fingerprint density at radius 2 is 1.34 bits per heavy atom. The summed E-state index contributed by atoms with van der Waals surface area (Å²) < 4.78 is 15.5. The fourth-order valence-corrected chi connectivity index (χ4v) is 3.70. The fraction of sp³-hybridized carbons (Fsp3) is 0.192. The van der Waals surface area contributed by atoms with Crippen molar-refractivity contribution in [2.24, 2.45) is 0 Å². The van der Waals surface area contributed by atoms with E-state index in [0.29, 0.717) is 0 Å². The molecule has 3 aromatic carbocycles. The second-order valence-electron chi connectivity index (χ2n) is 7.29. The predicted molar refractivity (Wildman–Crippen MR) is 116 cm³/mol. The van der Waals surface area contributed by atoms with Crippen LogP contribution in [0.2, 0.25) is 0 Å². The summed E-state index contributed by atoms with van der Waals surface area (Å²) in [4.78, 5) is 4.74. The maximum absolute atomic E-state index is 13.2. The maximum Gasteiger partial charge on any atom is 0.123 e. The van der Waals surface area contributed by atoms with E-state index in [1.807, 2.05) is 24.4 Å². The van der Waals surface area contributed by atoms with E-state index in [9.17, 15) is 4.39 Å². The molecule has 0 atom stereocenters. The van der Waals surface area contributed by atoms with Gasteiger partial charge in [0.05, 0.1) is 11.9 Å². The van der Waals surface area contributed by atoms with Gasteiger partial charge in [0.1, 0.15) is 11.6 Å². The lowest BCUT2D eigenvalue weighted by atomic mass is 10.1. The van der Waals surface area contributed by atoms with Gasteiger partial charge >= 0.3 is 0 Å². The van der Waals surface area contributed by atoms with Crippen LogP contribution in [0.25, 0.3) is 11.3 Å². The summed E-state index contributed by atoms with van der Waals surface area (Å²) in [5.41, 5.74) is 4.84. The van der Waals surface area contributed by atoms with Crippen LogP contribution >= 0.6 is 0 Å². The van der Waals surface area contributed by atoms with Crippen molar-refractivity contribution < 1.29 is 4.39 Å². The minimum atomic E-state index is -0.192. The molecular weight excluding hydrogens is 359 g/mol. The molecule has 146 valence electrons. The van der Waals surface area contributed by atoms with Crippen LogP contribution in [0.3, 0.4) is 0 Å². The molecule has 29 heavy (non-hydrogen) atoms. The minimum Gasteiger partial charge on any atom is -0.328 e. The largest absolute Gasteiger partial charge is 0.328 e. The molecule has 0 fully saturated rings. The number of aromatic nitrogens is 2. The van der Waals surface area contributed by atoms with E-state index >= 15 is 0 Å². The molecule has 0 unspecified atom stereocenters. The van der Waals surface area contributed by atoms with Crippen molar-refractivity contribution in [2.45, 2.75) is 32.2 Å². The molecule has 4 aromatic rings. The third-order valence-corrected chi connectivity index (χ3v) is 5.25. The SMILES string of the molecule is Fc1ccc(CCc2ncc(-c3ccccc3)n2CCCc2ccccc2)cc1. The highest BCUT2D eigenvalue weighted by atomic mass is 19.1. The number of halogens is 1. The van der Waals surface area contributed by atoms with E-state index in [0.717, 1.165) is 49.3 Å². The zero-order chi connectivity index (χ0) is 19.9. The molecule has 0 spiro atoms. The van der Waals surface area contributed by atoms with E-state index in [1.165, 1.54) is 23.3 Å². The quantitative estimate of drug-likeness (QED) is 0.358. The second kappa shape index (κ2) is 9.33. The summed E-state index contributed by atoms with van der Waals surface area (Å²) in [5, 5.41) is 0. The van der Waals surface area contributed by atoms with Crippen molar-refractivity contribution in [2.75, 3.05) is 0 Å². The van der Waals surface area contributed by atoms with Crippen LogP contribution in [-0.4, -0.2) is 9.55 Å². The summed E-state index contributed by atoms with van der Waals surface area (Å²) in [6.07, 6.45) is 5.78. The molecule has 0 bridgehead atoms. The number of hydrogen-bond donors (Lipinski definition) is 0. The van der Waals surface area contributed by atoms with Crippen LogP contribution in [0.4, 0.5) is 4.39 Å². The number of nitrogens with zero attached hydrogens (tertiary/aromatic N) is 2. The van der Waals surface area contributed by atoms with Crippen molar-refractivity contribution in [3.05, 3.63) is 114 Å². The van der Waals surface area contributed by atoms with E-state index in [2.05, 4.69) is 59.2 Å². The zero-order valence-corrected chi connectivity index (χ0v) is 16.5. The standard InChI is InChI=1S/C26H25FN2/c27-24-16-13-22(14-17-24)15-18-26-28-20-25(23-11-5-2-6-12-23)29(26)19-7-10-21-8-3-1-4-9-21/h1-6,8-9,11-14,16-17,20H,7,10,15,18-19H2. The molecule has 2 nitrogen and oxygen atoms in total. The molecule has 0 aliphatic rings. The van der Waals surface area contributed by atoms with Crippen LogP contribution in [0.5, 0.6) is 0 Å². The van der Waals surface area contributed by atoms with Crippen molar-refractivity contribution >= 4 is 0 Å². The normalized spacial score (nSPS) is 10.9. The van der Waals surface area contributed by atoms with Crippen molar-refractivity contribution in [1.29, 1.82) is 0 Å². The Labute approximate surface area is 171 Å². The number of hydrogen-bond acceptors (Lipinski definition) is 1. The summed E-state index contributed by atoms with van der Waals surface area (Å²) >= 11 is 0. The third kappa shape index (κ3) is 5.00. The first-order chi connectivity index (χ1) is 14.3. The molecule has 0 radical (unpaired) electrons. The van der Waals surface area contributed by atoms with Crippen LogP contribution in [-0.2, 0) is 25.8 Å².